The van der Waals surface area contributed by atoms with Gasteiger partial charge < -0.3 is 4.90 Å². The zero-order chi connectivity index (χ0) is 16.7. The molecule has 0 saturated carbocycles. The Hall–Kier alpha value is -0.120. The number of piperazine rings is 1. The van der Waals surface area contributed by atoms with Crippen molar-refractivity contribution in [3.63, 3.8) is 0 Å². The first kappa shape index (κ1) is 19.9. The van der Waals surface area contributed by atoms with Crippen LogP contribution in [0.3, 0.4) is 0 Å². The van der Waals surface area contributed by atoms with Crippen molar-refractivity contribution in [1.29, 1.82) is 0 Å². The molecule has 2 saturated heterocycles. The first-order chi connectivity index (χ1) is 10.5. The summed E-state index contributed by atoms with van der Waals surface area (Å²) in [4.78, 5) is 8.01. The topological polar surface area (TPSA) is 9.72 Å². The zero-order valence-electron chi connectivity index (χ0n) is 16.3. The molecule has 2 aliphatic rings. The van der Waals surface area contributed by atoms with Gasteiger partial charge in [-0.2, -0.15) is 0 Å². The SMILES string of the molecule is CC.CC(C)N1CCC(CN2CCN(C(C)C)CC2C)CC1. The minimum Gasteiger partial charge on any atom is -0.301 e. The normalized spacial score (nSPS) is 26.3. The number of piperidine rings is 1. The fraction of sp³-hybridized carbons (Fsp3) is 1.00. The number of nitrogens with zero attached hydrogens (tertiary/aromatic N) is 3. The van der Waals surface area contributed by atoms with Crippen LogP contribution in [0.1, 0.15) is 61.3 Å². The highest BCUT2D eigenvalue weighted by atomic mass is 15.3. The van der Waals surface area contributed by atoms with Gasteiger partial charge in [0.05, 0.1) is 0 Å². The number of rotatable bonds is 4. The summed E-state index contributed by atoms with van der Waals surface area (Å²) < 4.78 is 0. The summed E-state index contributed by atoms with van der Waals surface area (Å²) in [5, 5.41) is 0. The zero-order valence-corrected chi connectivity index (χ0v) is 16.3. The van der Waals surface area contributed by atoms with Crippen LogP contribution in [0.5, 0.6) is 0 Å². The lowest BCUT2D eigenvalue weighted by Gasteiger charge is -2.44. The quantitative estimate of drug-likeness (QED) is 0.786. The minimum atomic E-state index is 0.703. The summed E-state index contributed by atoms with van der Waals surface area (Å²) in [6.45, 7) is 23.4. The van der Waals surface area contributed by atoms with E-state index in [2.05, 4.69) is 49.3 Å². The summed E-state index contributed by atoms with van der Waals surface area (Å²) >= 11 is 0. The molecule has 0 bridgehead atoms. The van der Waals surface area contributed by atoms with Gasteiger partial charge in [0, 0.05) is 44.3 Å². The Labute approximate surface area is 140 Å². The lowest BCUT2D eigenvalue weighted by molar-refractivity contribution is 0.0409. The Balaban J connectivity index is 0.00000116. The van der Waals surface area contributed by atoms with Gasteiger partial charge in [-0.25, -0.2) is 0 Å². The van der Waals surface area contributed by atoms with Gasteiger partial charge in [0.1, 0.15) is 0 Å². The number of hydrogen-bond acceptors (Lipinski definition) is 3. The molecule has 0 aromatic heterocycles. The average Bonchev–Trinajstić information content (AvgIpc) is 2.51. The van der Waals surface area contributed by atoms with Gasteiger partial charge in [0.15, 0.2) is 0 Å². The Kier molecular flexibility index (Phi) is 8.96. The summed E-state index contributed by atoms with van der Waals surface area (Å²) in [5.74, 6) is 0.929. The molecule has 3 nitrogen and oxygen atoms in total. The molecule has 132 valence electrons. The molecule has 0 aromatic rings. The second kappa shape index (κ2) is 9.89. The molecule has 2 rings (SSSR count). The summed E-state index contributed by atoms with van der Waals surface area (Å²) in [5.41, 5.74) is 0. The number of hydrogen-bond donors (Lipinski definition) is 0. The first-order valence-electron chi connectivity index (χ1n) is 9.69. The number of likely N-dealkylation sites (tertiary alicyclic amines) is 1. The van der Waals surface area contributed by atoms with Crippen LogP contribution in [0, 0.1) is 5.92 Å². The second-order valence-corrected chi connectivity index (χ2v) is 7.51. The van der Waals surface area contributed by atoms with Crippen LogP contribution in [-0.4, -0.2) is 72.1 Å². The van der Waals surface area contributed by atoms with Gasteiger partial charge in [-0.1, -0.05) is 13.8 Å². The van der Waals surface area contributed by atoms with Crippen molar-refractivity contribution in [2.45, 2.75) is 79.4 Å². The van der Waals surface area contributed by atoms with Crippen molar-refractivity contribution >= 4 is 0 Å². The molecule has 0 aromatic carbocycles. The molecule has 1 unspecified atom stereocenters. The van der Waals surface area contributed by atoms with Gasteiger partial charge in [-0.3, -0.25) is 9.80 Å². The highest BCUT2D eigenvalue weighted by Gasteiger charge is 2.28. The molecule has 3 heteroatoms. The van der Waals surface area contributed by atoms with E-state index in [1.54, 1.807) is 0 Å². The Morgan fingerprint density at radius 2 is 1.36 bits per heavy atom. The third kappa shape index (κ3) is 5.82. The Bertz CT molecular complexity index is 282. The fourth-order valence-electron chi connectivity index (χ4n) is 3.75. The lowest BCUT2D eigenvalue weighted by atomic mass is 9.94. The molecule has 0 N–H and O–H groups in total. The fourth-order valence-corrected chi connectivity index (χ4v) is 3.75. The van der Waals surface area contributed by atoms with Crippen molar-refractivity contribution in [1.82, 2.24) is 14.7 Å². The van der Waals surface area contributed by atoms with Gasteiger partial charge in [-0.15, -0.1) is 0 Å². The van der Waals surface area contributed by atoms with Crippen LogP contribution in [0.2, 0.25) is 0 Å². The molecule has 0 amide bonds. The molecule has 2 heterocycles. The van der Waals surface area contributed by atoms with E-state index in [0.29, 0.717) is 6.04 Å². The maximum absolute atomic E-state index is 2.74. The van der Waals surface area contributed by atoms with Crippen LogP contribution in [0.25, 0.3) is 0 Å². The van der Waals surface area contributed by atoms with Crippen molar-refractivity contribution in [2.75, 3.05) is 39.3 Å². The van der Waals surface area contributed by atoms with E-state index in [1.807, 2.05) is 13.8 Å². The second-order valence-electron chi connectivity index (χ2n) is 7.51. The Morgan fingerprint density at radius 1 is 0.818 bits per heavy atom. The van der Waals surface area contributed by atoms with Gasteiger partial charge in [-0.05, 0) is 66.5 Å². The van der Waals surface area contributed by atoms with Crippen LogP contribution >= 0.6 is 0 Å². The monoisotopic (exact) mass is 311 g/mol. The smallest absolute Gasteiger partial charge is 0.0195 e. The molecule has 1 atom stereocenters. The third-order valence-electron chi connectivity index (χ3n) is 5.40. The lowest BCUT2D eigenvalue weighted by Crippen LogP contribution is -2.55. The summed E-state index contributed by atoms with van der Waals surface area (Å²) in [6.07, 6.45) is 2.80. The standard InChI is InChI=1S/C17H35N3.C2H6/c1-14(2)18-8-6-17(7-9-18)13-20-11-10-19(15(3)4)12-16(20)5;1-2/h14-17H,6-13H2,1-5H3;1-2H3. The largest absolute Gasteiger partial charge is 0.301 e. The highest BCUT2D eigenvalue weighted by Crippen LogP contribution is 2.22. The van der Waals surface area contributed by atoms with E-state index < -0.39 is 0 Å². The minimum absolute atomic E-state index is 0.703. The maximum atomic E-state index is 2.74. The van der Waals surface area contributed by atoms with E-state index in [0.717, 1.165) is 18.0 Å². The van der Waals surface area contributed by atoms with Crippen LogP contribution in [-0.2, 0) is 0 Å². The summed E-state index contributed by atoms with van der Waals surface area (Å²) in [7, 11) is 0. The van der Waals surface area contributed by atoms with Crippen molar-refractivity contribution in [2.24, 2.45) is 5.92 Å². The summed E-state index contributed by atoms with van der Waals surface area (Å²) in [6, 6.07) is 2.16. The van der Waals surface area contributed by atoms with E-state index >= 15 is 0 Å². The first-order valence-corrected chi connectivity index (χ1v) is 9.69. The van der Waals surface area contributed by atoms with Gasteiger partial charge in [0.25, 0.3) is 0 Å². The average molecular weight is 312 g/mol. The predicted molar refractivity (Wildman–Crippen MR) is 98.5 cm³/mol. The molecular weight excluding hydrogens is 270 g/mol. The van der Waals surface area contributed by atoms with Crippen LogP contribution in [0.4, 0.5) is 0 Å². The van der Waals surface area contributed by atoms with E-state index in [9.17, 15) is 0 Å². The van der Waals surface area contributed by atoms with E-state index in [-0.39, 0.29) is 0 Å². The molecule has 2 aliphatic heterocycles. The van der Waals surface area contributed by atoms with Crippen molar-refractivity contribution < 1.29 is 0 Å². The molecule has 2 fully saturated rings. The van der Waals surface area contributed by atoms with Gasteiger partial charge in [0.2, 0.25) is 0 Å². The highest BCUT2D eigenvalue weighted by molar-refractivity contribution is 4.84. The molecule has 0 radical (unpaired) electrons. The van der Waals surface area contributed by atoms with E-state index in [4.69, 9.17) is 0 Å². The van der Waals surface area contributed by atoms with Crippen LogP contribution < -0.4 is 0 Å². The van der Waals surface area contributed by atoms with E-state index in [1.165, 1.54) is 52.1 Å². The molecular formula is C19H41N3. The molecule has 0 spiro atoms. The van der Waals surface area contributed by atoms with Crippen molar-refractivity contribution in [3.05, 3.63) is 0 Å². The van der Waals surface area contributed by atoms with Crippen LogP contribution in [0.15, 0.2) is 0 Å². The predicted octanol–water partition coefficient (Wildman–Crippen LogP) is 3.55. The maximum Gasteiger partial charge on any atom is 0.0195 e. The third-order valence-corrected chi connectivity index (χ3v) is 5.40. The molecule has 0 aliphatic carbocycles. The van der Waals surface area contributed by atoms with Gasteiger partial charge >= 0.3 is 0 Å². The van der Waals surface area contributed by atoms with Crippen molar-refractivity contribution in [3.8, 4) is 0 Å². The molecule has 22 heavy (non-hydrogen) atoms. The Morgan fingerprint density at radius 3 is 1.82 bits per heavy atom.